The Morgan fingerprint density at radius 2 is 2.13 bits per heavy atom. The van der Waals surface area contributed by atoms with Crippen molar-refractivity contribution in [3.63, 3.8) is 0 Å². The molecule has 0 radical (unpaired) electrons. The van der Waals surface area contributed by atoms with Gasteiger partial charge in [0.2, 0.25) is 0 Å². The van der Waals surface area contributed by atoms with Crippen molar-refractivity contribution in [3.8, 4) is 0 Å². The third-order valence-electron chi connectivity index (χ3n) is 2.35. The van der Waals surface area contributed by atoms with Crippen LogP contribution >= 0.6 is 15.9 Å². The molecule has 0 aromatic heterocycles. The highest BCUT2D eigenvalue weighted by Crippen LogP contribution is 2.21. The van der Waals surface area contributed by atoms with Crippen molar-refractivity contribution in [3.05, 3.63) is 33.5 Å². The van der Waals surface area contributed by atoms with Gasteiger partial charge in [0, 0.05) is 23.6 Å². The molecule has 0 spiro atoms. The summed E-state index contributed by atoms with van der Waals surface area (Å²) < 4.78 is 14.0. The Bertz CT molecular complexity index is 369. The van der Waals surface area contributed by atoms with Crippen LogP contribution in [-0.2, 0) is 0 Å². The summed E-state index contributed by atoms with van der Waals surface area (Å²) in [5, 5.41) is 0. The summed E-state index contributed by atoms with van der Waals surface area (Å²) in [6.45, 7) is 4.14. The Labute approximate surface area is 97.2 Å². The van der Waals surface area contributed by atoms with E-state index < -0.39 is 0 Å². The standard InChI is InChI=1S/C11H13BrFNO/c1-4-14(3)11(15)8-5-9(12)7(2)10(13)6-8/h5-6H,4H2,1-3H3. The highest BCUT2D eigenvalue weighted by atomic mass is 79.9. The molecule has 0 bridgehead atoms. The predicted molar refractivity (Wildman–Crippen MR) is 61.5 cm³/mol. The fourth-order valence-corrected chi connectivity index (χ4v) is 1.57. The molecule has 0 N–H and O–H groups in total. The molecule has 1 amide bonds. The van der Waals surface area contributed by atoms with Crippen LogP contribution in [0.15, 0.2) is 16.6 Å². The van der Waals surface area contributed by atoms with Crippen LogP contribution in [-0.4, -0.2) is 24.4 Å². The molecule has 82 valence electrons. The molecular formula is C11H13BrFNO. The Kier molecular flexibility index (Phi) is 3.85. The van der Waals surface area contributed by atoms with Crippen molar-refractivity contribution in [2.75, 3.05) is 13.6 Å². The second-order valence-electron chi connectivity index (χ2n) is 3.38. The van der Waals surface area contributed by atoms with Crippen molar-refractivity contribution in [2.24, 2.45) is 0 Å². The van der Waals surface area contributed by atoms with Crippen LogP contribution in [0.2, 0.25) is 0 Å². The van der Waals surface area contributed by atoms with Gasteiger partial charge in [-0.15, -0.1) is 0 Å². The van der Waals surface area contributed by atoms with E-state index in [0.717, 1.165) is 0 Å². The summed E-state index contributed by atoms with van der Waals surface area (Å²) in [7, 11) is 1.69. The highest BCUT2D eigenvalue weighted by molar-refractivity contribution is 9.10. The molecule has 0 atom stereocenters. The summed E-state index contributed by atoms with van der Waals surface area (Å²) in [5.74, 6) is -0.533. The Morgan fingerprint density at radius 1 is 1.53 bits per heavy atom. The van der Waals surface area contributed by atoms with E-state index in [0.29, 0.717) is 22.1 Å². The smallest absolute Gasteiger partial charge is 0.253 e. The SMILES string of the molecule is CCN(C)C(=O)c1cc(F)c(C)c(Br)c1. The van der Waals surface area contributed by atoms with E-state index in [2.05, 4.69) is 15.9 Å². The van der Waals surface area contributed by atoms with Crippen molar-refractivity contribution in [2.45, 2.75) is 13.8 Å². The van der Waals surface area contributed by atoms with Gasteiger partial charge < -0.3 is 4.90 Å². The van der Waals surface area contributed by atoms with Gasteiger partial charge in [0.1, 0.15) is 5.82 Å². The minimum absolute atomic E-state index is 0.169. The number of halogens is 2. The lowest BCUT2D eigenvalue weighted by atomic mass is 10.1. The van der Waals surface area contributed by atoms with Crippen molar-refractivity contribution in [1.29, 1.82) is 0 Å². The Morgan fingerprint density at radius 3 is 2.60 bits per heavy atom. The summed E-state index contributed by atoms with van der Waals surface area (Å²) in [6, 6.07) is 2.92. The maximum absolute atomic E-state index is 13.4. The molecule has 1 rings (SSSR count). The minimum atomic E-state index is -0.364. The molecule has 0 fully saturated rings. The summed E-state index contributed by atoms with van der Waals surface area (Å²) in [4.78, 5) is 13.3. The molecule has 1 aromatic carbocycles. The van der Waals surface area contributed by atoms with Gasteiger partial charge in [0.25, 0.3) is 5.91 Å². The normalized spacial score (nSPS) is 10.2. The van der Waals surface area contributed by atoms with Gasteiger partial charge in [-0.25, -0.2) is 4.39 Å². The van der Waals surface area contributed by atoms with E-state index >= 15 is 0 Å². The topological polar surface area (TPSA) is 20.3 Å². The number of carbonyl (C=O) groups excluding carboxylic acids is 1. The molecule has 0 unspecified atom stereocenters. The lowest BCUT2D eigenvalue weighted by Gasteiger charge is -2.15. The molecule has 0 aliphatic carbocycles. The van der Waals surface area contributed by atoms with Crippen LogP contribution in [0.4, 0.5) is 4.39 Å². The van der Waals surface area contributed by atoms with Gasteiger partial charge >= 0.3 is 0 Å². The molecule has 0 heterocycles. The molecule has 0 aliphatic heterocycles. The second kappa shape index (κ2) is 4.75. The van der Waals surface area contributed by atoms with E-state index in [1.807, 2.05) is 6.92 Å². The van der Waals surface area contributed by atoms with Crippen LogP contribution in [0.25, 0.3) is 0 Å². The van der Waals surface area contributed by atoms with Crippen LogP contribution < -0.4 is 0 Å². The Balaban J connectivity index is 3.12. The number of hydrogen-bond acceptors (Lipinski definition) is 1. The second-order valence-corrected chi connectivity index (χ2v) is 4.24. The predicted octanol–water partition coefficient (Wildman–Crippen LogP) is 2.99. The zero-order chi connectivity index (χ0) is 11.6. The van der Waals surface area contributed by atoms with Crippen molar-refractivity contribution < 1.29 is 9.18 Å². The average molecular weight is 274 g/mol. The number of hydrogen-bond donors (Lipinski definition) is 0. The molecule has 0 saturated heterocycles. The van der Waals surface area contributed by atoms with Crippen molar-refractivity contribution >= 4 is 21.8 Å². The van der Waals surface area contributed by atoms with E-state index in [1.165, 1.54) is 11.0 Å². The lowest BCUT2D eigenvalue weighted by Crippen LogP contribution is -2.26. The molecule has 15 heavy (non-hydrogen) atoms. The third-order valence-corrected chi connectivity index (χ3v) is 3.17. The maximum atomic E-state index is 13.4. The fraction of sp³-hybridized carbons (Fsp3) is 0.364. The largest absolute Gasteiger partial charge is 0.342 e. The van der Waals surface area contributed by atoms with E-state index in [9.17, 15) is 9.18 Å². The fourth-order valence-electron chi connectivity index (χ4n) is 1.13. The number of rotatable bonds is 2. The van der Waals surface area contributed by atoms with Crippen LogP contribution in [0.3, 0.4) is 0 Å². The van der Waals surface area contributed by atoms with Crippen molar-refractivity contribution in [1.82, 2.24) is 4.90 Å². The molecule has 2 nitrogen and oxygen atoms in total. The lowest BCUT2D eigenvalue weighted by molar-refractivity contribution is 0.0802. The quantitative estimate of drug-likeness (QED) is 0.811. The molecule has 4 heteroatoms. The van der Waals surface area contributed by atoms with Gasteiger partial charge in [-0.05, 0) is 31.5 Å². The first-order chi connectivity index (χ1) is 6.97. The number of benzene rings is 1. The summed E-state index contributed by atoms with van der Waals surface area (Å²) >= 11 is 3.23. The van der Waals surface area contributed by atoms with Gasteiger partial charge in [0.05, 0.1) is 0 Å². The molecular weight excluding hydrogens is 261 g/mol. The van der Waals surface area contributed by atoms with Gasteiger partial charge in [-0.1, -0.05) is 15.9 Å². The number of carbonyl (C=O) groups is 1. The van der Waals surface area contributed by atoms with Crippen LogP contribution in [0, 0.1) is 12.7 Å². The first-order valence-electron chi connectivity index (χ1n) is 4.68. The number of amides is 1. The van der Waals surface area contributed by atoms with Gasteiger partial charge in [-0.3, -0.25) is 4.79 Å². The first kappa shape index (κ1) is 12.2. The minimum Gasteiger partial charge on any atom is -0.342 e. The first-order valence-corrected chi connectivity index (χ1v) is 5.47. The van der Waals surface area contributed by atoms with Gasteiger partial charge in [-0.2, -0.15) is 0 Å². The van der Waals surface area contributed by atoms with Crippen LogP contribution in [0.1, 0.15) is 22.8 Å². The zero-order valence-electron chi connectivity index (χ0n) is 8.97. The maximum Gasteiger partial charge on any atom is 0.253 e. The van der Waals surface area contributed by atoms with Crippen LogP contribution in [0.5, 0.6) is 0 Å². The average Bonchev–Trinajstić information content (AvgIpc) is 2.23. The molecule has 1 aromatic rings. The third kappa shape index (κ3) is 2.56. The zero-order valence-corrected chi connectivity index (χ0v) is 10.6. The van der Waals surface area contributed by atoms with E-state index in [-0.39, 0.29) is 11.7 Å². The van der Waals surface area contributed by atoms with Gasteiger partial charge in [0.15, 0.2) is 0 Å². The molecule has 0 saturated carbocycles. The Hall–Kier alpha value is -0.900. The summed E-state index contributed by atoms with van der Waals surface area (Å²) in [6.07, 6.45) is 0. The molecule has 0 aliphatic rings. The summed E-state index contributed by atoms with van der Waals surface area (Å²) in [5.41, 5.74) is 0.889. The monoisotopic (exact) mass is 273 g/mol. The highest BCUT2D eigenvalue weighted by Gasteiger charge is 2.13. The van der Waals surface area contributed by atoms with E-state index in [1.54, 1.807) is 20.0 Å². The number of nitrogens with zero attached hydrogens (tertiary/aromatic N) is 1. The van der Waals surface area contributed by atoms with E-state index in [4.69, 9.17) is 0 Å².